The molecule has 1 fully saturated rings. The highest BCUT2D eigenvalue weighted by Crippen LogP contribution is 2.23. The molecule has 1 atom stereocenters. The second-order valence-electron chi connectivity index (χ2n) is 4.72. The SMILES string of the molecule is Cc1cc(OC2CCN(CC(F)(F)F)C2=O)nnc1C. The first-order chi connectivity index (χ1) is 9.26. The Balaban J connectivity index is 2.01. The van der Waals surface area contributed by atoms with Crippen molar-refractivity contribution in [2.75, 3.05) is 13.1 Å². The lowest BCUT2D eigenvalue weighted by Crippen LogP contribution is -2.38. The minimum atomic E-state index is -4.40. The highest BCUT2D eigenvalue weighted by molar-refractivity contribution is 5.83. The van der Waals surface area contributed by atoms with E-state index in [9.17, 15) is 18.0 Å². The molecule has 0 aromatic carbocycles. The molecule has 0 aliphatic carbocycles. The Morgan fingerprint density at radius 3 is 2.70 bits per heavy atom. The van der Waals surface area contributed by atoms with E-state index in [1.807, 2.05) is 6.92 Å². The molecular weight excluding hydrogens is 275 g/mol. The van der Waals surface area contributed by atoms with Crippen molar-refractivity contribution in [1.29, 1.82) is 0 Å². The zero-order valence-corrected chi connectivity index (χ0v) is 11.1. The van der Waals surface area contributed by atoms with Crippen molar-refractivity contribution in [1.82, 2.24) is 15.1 Å². The van der Waals surface area contributed by atoms with Gasteiger partial charge in [-0.05, 0) is 19.4 Å². The van der Waals surface area contributed by atoms with E-state index >= 15 is 0 Å². The minimum absolute atomic E-state index is 0.0290. The van der Waals surface area contributed by atoms with E-state index in [2.05, 4.69) is 10.2 Å². The highest BCUT2D eigenvalue weighted by atomic mass is 19.4. The lowest BCUT2D eigenvalue weighted by Gasteiger charge is -2.18. The number of likely N-dealkylation sites (tertiary alicyclic amines) is 1. The number of ether oxygens (including phenoxy) is 1. The second kappa shape index (κ2) is 5.26. The fraction of sp³-hybridized carbons (Fsp3) is 0.583. The number of halogens is 3. The smallest absolute Gasteiger partial charge is 0.406 e. The summed E-state index contributed by atoms with van der Waals surface area (Å²) in [6.45, 7) is 2.37. The van der Waals surface area contributed by atoms with Crippen LogP contribution in [0.25, 0.3) is 0 Å². The molecule has 1 amide bonds. The van der Waals surface area contributed by atoms with Gasteiger partial charge in [0, 0.05) is 19.0 Å². The van der Waals surface area contributed by atoms with Crippen molar-refractivity contribution in [3.8, 4) is 5.88 Å². The third-order valence-electron chi connectivity index (χ3n) is 3.09. The van der Waals surface area contributed by atoms with Gasteiger partial charge in [0.1, 0.15) is 6.54 Å². The number of alkyl halides is 3. The van der Waals surface area contributed by atoms with Gasteiger partial charge in [-0.3, -0.25) is 4.79 Å². The number of hydrogen-bond donors (Lipinski definition) is 0. The highest BCUT2D eigenvalue weighted by Gasteiger charge is 2.40. The van der Waals surface area contributed by atoms with Crippen molar-refractivity contribution in [2.45, 2.75) is 32.5 Å². The van der Waals surface area contributed by atoms with E-state index in [1.165, 1.54) is 0 Å². The van der Waals surface area contributed by atoms with Crippen LogP contribution in [0.15, 0.2) is 6.07 Å². The Hall–Kier alpha value is -1.86. The van der Waals surface area contributed by atoms with Crippen LogP contribution < -0.4 is 4.74 Å². The summed E-state index contributed by atoms with van der Waals surface area (Å²) in [5.74, 6) is -0.511. The summed E-state index contributed by atoms with van der Waals surface area (Å²) in [6.07, 6.45) is -5.11. The largest absolute Gasteiger partial charge is 0.463 e. The lowest BCUT2D eigenvalue weighted by molar-refractivity contribution is -0.159. The maximum atomic E-state index is 12.3. The molecule has 0 N–H and O–H groups in total. The molecule has 5 nitrogen and oxygen atoms in total. The van der Waals surface area contributed by atoms with Gasteiger partial charge < -0.3 is 9.64 Å². The van der Waals surface area contributed by atoms with Crippen LogP contribution >= 0.6 is 0 Å². The zero-order valence-electron chi connectivity index (χ0n) is 11.1. The van der Waals surface area contributed by atoms with E-state index in [0.29, 0.717) is 0 Å². The Morgan fingerprint density at radius 2 is 2.10 bits per heavy atom. The molecule has 1 aromatic rings. The molecule has 8 heteroatoms. The van der Waals surface area contributed by atoms with Gasteiger partial charge in [-0.1, -0.05) is 0 Å². The molecule has 1 aromatic heterocycles. The number of aryl methyl sites for hydroxylation is 2. The quantitative estimate of drug-likeness (QED) is 0.848. The van der Waals surface area contributed by atoms with E-state index in [-0.39, 0.29) is 18.8 Å². The first-order valence-electron chi connectivity index (χ1n) is 6.09. The first kappa shape index (κ1) is 14.5. The molecule has 20 heavy (non-hydrogen) atoms. The van der Waals surface area contributed by atoms with E-state index in [4.69, 9.17) is 4.74 Å². The average molecular weight is 289 g/mol. The summed E-state index contributed by atoms with van der Waals surface area (Å²) in [5.41, 5.74) is 1.57. The van der Waals surface area contributed by atoms with Gasteiger partial charge in [0.25, 0.3) is 5.91 Å². The Labute approximate surface area is 113 Å². The molecule has 110 valence electrons. The number of amides is 1. The van der Waals surface area contributed by atoms with Crippen LogP contribution in [0.4, 0.5) is 13.2 Å². The number of carbonyl (C=O) groups is 1. The third kappa shape index (κ3) is 3.37. The average Bonchev–Trinajstić information content (AvgIpc) is 2.65. The number of aromatic nitrogens is 2. The molecule has 1 aliphatic heterocycles. The standard InChI is InChI=1S/C12H14F3N3O2/c1-7-5-10(17-16-8(7)2)20-9-3-4-18(11(9)19)6-12(13,14)15/h5,9H,3-4,6H2,1-2H3. The van der Waals surface area contributed by atoms with Crippen LogP contribution in [-0.4, -0.2) is 46.4 Å². The maximum absolute atomic E-state index is 12.3. The summed E-state index contributed by atoms with van der Waals surface area (Å²) in [4.78, 5) is 12.5. The van der Waals surface area contributed by atoms with Gasteiger partial charge in [0.2, 0.25) is 5.88 Å². The van der Waals surface area contributed by atoms with Crippen LogP contribution in [0.3, 0.4) is 0 Å². The molecule has 1 unspecified atom stereocenters. The number of carbonyl (C=O) groups excluding carboxylic acids is 1. The summed E-state index contributed by atoms with van der Waals surface area (Å²) < 4.78 is 42.2. The van der Waals surface area contributed by atoms with E-state index in [1.54, 1.807) is 13.0 Å². The van der Waals surface area contributed by atoms with Crippen LogP contribution in [-0.2, 0) is 4.79 Å². The predicted molar refractivity (Wildman–Crippen MR) is 63.2 cm³/mol. The van der Waals surface area contributed by atoms with Crippen molar-refractivity contribution in [2.24, 2.45) is 0 Å². The summed E-state index contributed by atoms with van der Waals surface area (Å²) in [7, 11) is 0. The van der Waals surface area contributed by atoms with Crippen LogP contribution in [0, 0.1) is 13.8 Å². The summed E-state index contributed by atoms with van der Waals surface area (Å²) in [5, 5.41) is 7.62. The number of hydrogen-bond acceptors (Lipinski definition) is 4. The Bertz CT molecular complexity index is 519. The van der Waals surface area contributed by atoms with Gasteiger partial charge in [-0.2, -0.15) is 18.3 Å². The minimum Gasteiger partial charge on any atom is -0.463 e. The first-order valence-corrected chi connectivity index (χ1v) is 6.09. The third-order valence-corrected chi connectivity index (χ3v) is 3.09. The topological polar surface area (TPSA) is 55.3 Å². The predicted octanol–water partition coefficient (Wildman–Crippen LogP) is 1.64. The molecular formula is C12H14F3N3O2. The molecule has 0 saturated carbocycles. The number of nitrogens with zero attached hydrogens (tertiary/aromatic N) is 3. The van der Waals surface area contributed by atoms with Crippen LogP contribution in [0.1, 0.15) is 17.7 Å². The van der Waals surface area contributed by atoms with Crippen molar-refractivity contribution < 1.29 is 22.7 Å². The Kier molecular flexibility index (Phi) is 3.82. The maximum Gasteiger partial charge on any atom is 0.406 e. The van der Waals surface area contributed by atoms with Gasteiger partial charge in [0.05, 0.1) is 5.69 Å². The fourth-order valence-corrected chi connectivity index (χ4v) is 1.92. The van der Waals surface area contributed by atoms with Gasteiger partial charge in [-0.25, -0.2) is 0 Å². The second-order valence-corrected chi connectivity index (χ2v) is 4.72. The normalized spacial score (nSPS) is 19.6. The van der Waals surface area contributed by atoms with Crippen molar-refractivity contribution in [3.05, 3.63) is 17.3 Å². The van der Waals surface area contributed by atoms with Gasteiger partial charge in [0.15, 0.2) is 6.10 Å². The molecule has 2 heterocycles. The monoisotopic (exact) mass is 289 g/mol. The molecule has 1 saturated heterocycles. The van der Waals surface area contributed by atoms with Crippen molar-refractivity contribution in [3.63, 3.8) is 0 Å². The molecule has 2 rings (SSSR count). The fourth-order valence-electron chi connectivity index (χ4n) is 1.92. The Morgan fingerprint density at radius 1 is 1.40 bits per heavy atom. The molecule has 0 bridgehead atoms. The van der Waals surface area contributed by atoms with Crippen molar-refractivity contribution >= 4 is 5.91 Å². The van der Waals surface area contributed by atoms with Crippen LogP contribution in [0.5, 0.6) is 5.88 Å². The van der Waals surface area contributed by atoms with Crippen LogP contribution in [0.2, 0.25) is 0 Å². The molecule has 0 spiro atoms. The van der Waals surface area contributed by atoms with E-state index in [0.717, 1.165) is 16.2 Å². The summed E-state index contributed by atoms with van der Waals surface area (Å²) in [6, 6.07) is 1.61. The number of rotatable bonds is 3. The molecule has 1 aliphatic rings. The van der Waals surface area contributed by atoms with E-state index < -0.39 is 24.7 Å². The van der Waals surface area contributed by atoms with Gasteiger partial charge >= 0.3 is 6.18 Å². The summed E-state index contributed by atoms with van der Waals surface area (Å²) >= 11 is 0. The molecule has 0 radical (unpaired) electrons. The van der Waals surface area contributed by atoms with Gasteiger partial charge in [-0.15, -0.1) is 5.10 Å². The zero-order chi connectivity index (χ0) is 14.9. The lowest BCUT2D eigenvalue weighted by atomic mass is 10.2.